The number of hydrogen-bond acceptors (Lipinski definition) is 3. The molecule has 0 spiro atoms. The van der Waals surface area contributed by atoms with Crippen LogP contribution in [0.5, 0.6) is 0 Å². The zero-order valence-corrected chi connectivity index (χ0v) is 16.9. The van der Waals surface area contributed by atoms with Crippen LogP contribution in [-0.4, -0.2) is 38.7 Å². The highest BCUT2D eigenvalue weighted by atomic mass is 16.2. The molecule has 0 aliphatic carbocycles. The molecule has 5 heteroatoms. The minimum absolute atomic E-state index is 0.0845. The summed E-state index contributed by atoms with van der Waals surface area (Å²) in [5.41, 5.74) is 3.10. The molecule has 0 saturated carbocycles. The quantitative estimate of drug-likeness (QED) is 0.579. The summed E-state index contributed by atoms with van der Waals surface area (Å²) in [6.07, 6.45) is 1.90. The number of nitrogens with zero attached hydrogens (tertiary/aromatic N) is 4. The lowest BCUT2D eigenvalue weighted by atomic mass is 10.1. The average molecular weight is 377 g/mol. The van der Waals surface area contributed by atoms with Gasteiger partial charge in [-0.25, -0.2) is 9.67 Å². The number of carbonyl (C=O) groups is 1. The summed E-state index contributed by atoms with van der Waals surface area (Å²) in [6, 6.07) is 18.1. The van der Waals surface area contributed by atoms with Gasteiger partial charge in [-0.3, -0.25) is 4.79 Å². The molecular formula is C23H28N4O. The van der Waals surface area contributed by atoms with Crippen molar-refractivity contribution in [2.24, 2.45) is 0 Å². The van der Waals surface area contributed by atoms with Gasteiger partial charge in [0.15, 0.2) is 11.6 Å². The first-order valence-corrected chi connectivity index (χ1v) is 9.97. The lowest BCUT2D eigenvalue weighted by Crippen LogP contribution is -2.35. The van der Waals surface area contributed by atoms with Gasteiger partial charge in [0, 0.05) is 24.2 Å². The highest BCUT2D eigenvalue weighted by molar-refractivity contribution is 5.77. The highest BCUT2D eigenvalue weighted by Gasteiger charge is 2.18. The molecule has 146 valence electrons. The summed E-state index contributed by atoms with van der Waals surface area (Å²) < 4.78 is 1.74. The molecule has 3 aromatic rings. The SMILES string of the molecule is CCCN(CCC)C(=O)Cn1nc(-c2ccc(C)cc2)nc1-c1ccccc1. The summed E-state index contributed by atoms with van der Waals surface area (Å²) in [7, 11) is 0. The summed E-state index contributed by atoms with van der Waals surface area (Å²) >= 11 is 0. The van der Waals surface area contributed by atoms with Gasteiger partial charge in [-0.1, -0.05) is 74.0 Å². The van der Waals surface area contributed by atoms with Crippen LogP contribution >= 0.6 is 0 Å². The normalized spacial score (nSPS) is 10.8. The maximum Gasteiger partial charge on any atom is 0.244 e. The lowest BCUT2D eigenvalue weighted by Gasteiger charge is -2.21. The molecule has 1 aromatic heterocycles. The van der Waals surface area contributed by atoms with Crippen LogP contribution in [0.2, 0.25) is 0 Å². The fraction of sp³-hybridized carbons (Fsp3) is 0.348. The number of hydrogen-bond donors (Lipinski definition) is 0. The van der Waals surface area contributed by atoms with E-state index >= 15 is 0 Å². The summed E-state index contributed by atoms with van der Waals surface area (Å²) in [6.45, 7) is 7.98. The van der Waals surface area contributed by atoms with E-state index in [2.05, 4.69) is 25.9 Å². The van der Waals surface area contributed by atoms with E-state index in [0.717, 1.165) is 42.9 Å². The van der Waals surface area contributed by atoms with Crippen molar-refractivity contribution in [2.75, 3.05) is 13.1 Å². The molecule has 0 saturated heterocycles. The maximum absolute atomic E-state index is 12.9. The van der Waals surface area contributed by atoms with E-state index in [-0.39, 0.29) is 12.5 Å². The third-order valence-corrected chi connectivity index (χ3v) is 4.64. The number of aromatic nitrogens is 3. The summed E-state index contributed by atoms with van der Waals surface area (Å²) in [4.78, 5) is 19.6. The van der Waals surface area contributed by atoms with Gasteiger partial charge in [0.1, 0.15) is 6.54 Å². The second-order valence-corrected chi connectivity index (χ2v) is 7.03. The van der Waals surface area contributed by atoms with Crippen LogP contribution in [-0.2, 0) is 11.3 Å². The van der Waals surface area contributed by atoms with E-state index < -0.39 is 0 Å². The number of rotatable bonds is 8. The fourth-order valence-corrected chi connectivity index (χ4v) is 3.21. The van der Waals surface area contributed by atoms with E-state index in [1.165, 1.54) is 5.56 Å². The van der Waals surface area contributed by atoms with Gasteiger partial charge in [0.05, 0.1) is 0 Å². The highest BCUT2D eigenvalue weighted by Crippen LogP contribution is 2.23. The molecule has 28 heavy (non-hydrogen) atoms. The van der Waals surface area contributed by atoms with Crippen molar-refractivity contribution in [1.29, 1.82) is 0 Å². The predicted molar refractivity (Wildman–Crippen MR) is 113 cm³/mol. The van der Waals surface area contributed by atoms with Crippen molar-refractivity contribution in [1.82, 2.24) is 19.7 Å². The molecule has 0 aliphatic rings. The van der Waals surface area contributed by atoms with Gasteiger partial charge in [0.25, 0.3) is 0 Å². The van der Waals surface area contributed by atoms with Crippen molar-refractivity contribution in [3.05, 3.63) is 60.2 Å². The van der Waals surface area contributed by atoms with E-state index in [1.54, 1.807) is 4.68 Å². The topological polar surface area (TPSA) is 51.0 Å². The number of amides is 1. The molecule has 0 bridgehead atoms. The largest absolute Gasteiger partial charge is 0.341 e. The van der Waals surface area contributed by atoms with Crippen molar-refractivity contribution in [3.63, 3.8) is 0 Å². The molecule has 0 fully saturated rings. The Morgan fingerprint density at radius 1 is 0.929 bits per heavy atom. The Labute approximate surface area is 167 Å². The minimum Gasteiger partial charge on any atom is -0.341 e. The third kappa shape index (κ3) is 4.66. The molecule has 0 atom stereocenters. The van der Waals surface area contributed by atoms with Crippen molar-refractivity contribution in [2.45, 2.75) is 40.2 Å². The summed E-state index contributed by atoms with van der Waals surface area (Å²) in [5.74, 6) is 1.45. The number of carbonyl (C=O) groups excluding carboxylic acids is 1. The smallest absolute Gasteiger partial charge is 0.244 e. The van der Waals surface area contributed by atoms with Crippen molar-refractivity contribution >= 4 is 5.91 Å². The van der Waals surface area contributed by atoms with E-state index in [9.17, 15) is 4.79 Å². The maximum atomic E-state index is 12.9. The molecule has 0 aliphatic heterocycles. The first-order valence-electron chi connectivity index (χ1n) is 9.97. The first kappa shape index (κ1) is 19.8. The van der Waals surface area contributed by atoms with E-state index in [4.69, 9.17) is 4.98 Å². The minimum atomic E-state index is 0.0845. The molecule has 5 nitrogen and oxygen atoms in total. The zero-order valence-electron chi connectivity index (χ0n) is 16.9. The van der Waals surface area contributed by atoms with Crippen molar-refractivity contribution < 1.29 is 4.79 Å². The fourth-order valence-electron chi connectivity index (χ4n) is 3.21. The molecule has 1 heterocycles. The van der Waals surface area contributed by atoms with Crippen LogP contribution in [0.25, 0.3) is 22.8 Å². The second kappa shape index (κ2) is 9.31. The predicted octanol–water partition coefficient (Wildman–Crippen LogP) is 4.57. The Morgan fingerprint density at radius 2 is 1.57 bits per heavy atom. The van der Waals surface area contributed by atoms with Crippen LogP contribution < -0.4 is 0 Å². The van der Waals surface area contributed by atoms with Gasteiger partial charge in [-0.05, 0) is 19.8 Å². The number of benzene rings is 2. The Kier molecular flexibility index (Phi) is 6.58. The van der Waals surface area contributed by atoms with Gasteiger partial charge in [0.2, 0.25) is 5.91 Å². The Balaban J connectivity index is 1.96. The van der Waals surface area contributed by atoms with Gasteiger partial charge < -0.3 is 4.90 Å². The van der Waals surface area contributed by atoms with Gasteiger partial charge in [-0.15, -0.1) is 5.10 Å². The van der Waals surface area contributed by atoms with Crippen molar-refractivity contribution in [3.8, 4) is 22.8 Å². The molecule has 0 N–H and O–H groups in total. The summed E-state index contributed by atoms with van der Waals surface area (Å²) in [5, 5.41) is 4.69. The molecule has 0 radical (unpaired) electrons. The first-order chi connectivity index (χ1) is 13.6. The lowest BCUT2D eigenvalue weighted by molar-refractivity contribution is -0.132. The monoisotopic (exact) mass is 376 g/mol. The molecule has 0 unspecified atom stereocenters. The molecule has 1 amide bonds. The van der Waals surface area contributed by atoms with E-state index in [1.807, 2.05) is 59.5 Å². The average Bonchev–Trinajstić information content (AvgIpc) is 3.12. The second-order valence-electron chi connectivity index (χ2n) is 7.03. The third-order valence-electron chi connectivity index (χ3n) is 4.64. The van der Waals surface area contributed by atoms with Gasteiger partial charge >= 0.3 is 0 Å². The molecule has 2 aromatic carbocycles. The zero-order chi connectivity index (χ0) is 19.9. The Morgan fingerprint density at radius 3 is 2.18 bits per heavy atom. The Hall–Kier alpha value is -2.95. The van der Waals surface area contributed by atoms with Crippen LogP contribution in [0.4, 0.5) is 0 Å². The molecular weight excluding hydrogens is 348 g/mol. The van der Waals surface area contributed by atoms with Crippen LogP contribution in [0, 0.1) is 6.92 Å². The van der Waals surface area contributed by atoms with Gasteiger partial charge in [-0.2, -0.15) is 0 Å². The molecule has 3 rings (SSSR count). The number of aryl methyl sites for hydroxylation is 1. The van der Waals surface area contributed by atoms with Crippen LogP contribution in [0.1, 0.15) is 32.3 Å². The van der Waals surface area contributed by atoms with Crippen LogP contribution in [0.15, 0.2) is 54.6 Å². The standard InChI is InChI=1S/C23H28N4O/c1-4-15-26(16-5-2)21(28)17-27-23(20-9-7-6-8-10-20)24-22(25-27)19-13-11-18(3)12-14-19/h6-14H,4-5,15-17H2,1-3H3. The Bertz CT molecular complexity index is 894. The van der Waals surface area contributed by atoms with E-state index in [0.29, 0.717) is 5.82 Å². The van der Waals surface area contributed by atoms with Crippen LogP contribution in [0.3, 0.4) is 0 Å².